The van der Waals surface area contributed by atoms with Crippen LogP contribution in [0.5, 0.6) is 0 Å². The molecular weight excluding hydrogens is 272 g/mol. The van der Waals surface area contributed by atoms with Crippen LogP contribution in [0.25, 0.3) is 11.2 Å². The standard InChI is InChI=1S/C15H25ClN4/c1-6-11-13-14(19(5)18-11)20(10-15(3,4)7-2)12(17-13)8-9-16/h6-10H2,1-5H3. The lowest BCUT2D eigenvalue weighted by molar-refractivity contribution is 0.293. The van der Waals surface area contributed by atoms with Gasteiger partial charge in [0.05, 0.1) is 5.69 Å². The van der Waals surface area contributed by atoms with E-state index in [9.17, 15) is 0 Å². The molecule has 4 nitrogen and oxygen atoms in total. The average Bonchev–Trinajstić information content (AvgIpc) is 2.89. The first-order valence-corrected chi connectivity index (χ1v) is 7.94. The Morgan fingerprint density at radius 1 is 1.25 bits per heavy atom. The second-order valence-corrected chi connectivity index (χ2v) is 6.54. The van der Waals surface area contributed by atoms with Crippen molar-refractivity contribution >= 4 is 22.8 Å². The van der Waals surface area contributed by atoms with E-state index in [1.165, 1.54) is 0 Å². The number of alkyl halides is 1. The zero-order valence-corrected chi connectivity index (χ0v) is 14.0. The van der Waals surface area contributed by atoms with E-state index in [1.54, 1.807) is 0 Å². The number of hydrogen-bond donors (Lipinski definition) is 0. The fraction of sp³-hybridized carbons (Fsp3) is 0.733. The number of nitrogens with zero attached hydrogens (tertiary/aromatic N) is 4. The second-order valence-electron chi connectivity index (χ2n) is 6.17. The van der Waals surface area contributed by atoms with E-state index >= 15 is 0 Å². The zero-order valence-electron chi connectivity index (χ0n) is 13.2. The van der Waals surface area contributed by atoms with Gasteiger partial charge in [-0.3, -0.25) is 4.68 Å². The van der Waals surface area contributed by atoms with Crippen molar-refractivity contribution in [3.8, 4) is 0 Å². The number of fused-ring (bicyclic) bond motifs is 1. The molecule has 2 rings (SSSR count). The normalized spacial score (nSPS) is 12.5. The van der Waals surface area contributed by atoms with Crippen molar-refractivity contribution < 1.29 is 0 Å². The monoisotopic (exact) mass is 296 g/mol. The highest BCUT2D eigenvalue weighted by atomic mass is 35.5. The Labute approximate surface area is 126 Å². The largest absolute Gasteiger partial charge is 0.312 e. The maximum absolute atomic E-state index is 5.95. The van der Waals surface area contributed by atoms with Crippen molar-refractivity contribution in [3.63, 3.8) is 0 Å². The Morgan fingerprint density at radius 2 is 1.95 bits per heavy atom. The van der Waals surface area contributed by atoms with Crippen LogP contribution in [0.1, 0.15) is 45.6 Å². The van der Waals surface area contributed by atoms with Gasteiger partial charge in [-0.15, -0.1) is 11.6 Å². The smallest absolute Gasteiger partial charge is 0.158 e. The highest BCUT2D eigenvalue weighted by Crippen LogP contribution is 2.28. The fourth-order valence-corrected chi connectivity index (χ4v) is 2.68. The molecule has 0 amide bonds. The first kappa shape index (κ1) is 15.4. The maximum atomic E-state index is 5.95. The number of halogens is 1. The molecule has 0 saturated heterocycles. The molecule has 5 heteroatoms. The van der Waals surface area contributed by atoms with Gasteiger partial charge in [-0.2, -0.15) is 5.10 Å². The minimum absolute atomic E-state index is 0.241. The minimum Gasteiger partial charge on any atom is -0.312 e. The molecule has 0 unspecified atom stereocenters. The topological polar surface area (TPSA) is 35.6 Å². The van der Waals surface area contributed by atoms with E-state index in [1.807, 2.05) is 11.7 Å². The Bertz CT molecular complexity index is 595. The van der Waals surface area contributed by atoms with Crippen molar-refractivity contribution in [3.05, 3.63) is 11.5 Å². The van der Waals surface area contributed by atoms with Crippen molar-refractivity contribution in [1.29, 1.82) is 0 Å². The van der Waals surface area contributed by atoms with Crippen LogP contribution < -0.4 is 0 Å². The van der Waals surface area contributed by atoms with E-state index in [-0.39, 0.29) is 5.41 Å². The van der Waals surface area contributed by atoms with Crippen molar-refractivity contribution in [2.24, 2.45) is 12.5 Å². The molecule has 0 spiro atoms. The van der Waals surface area contributed by atoms with E-state index in [4.69, 9.17) is 16.6 Å². The van der Waals surface area contributed by atoms with Gasteiger partial charge in [-0.1, -0.05) is 27.7 Å². The Balaban J connectivity index is 2.59. The van der Waals surface area contributed by atoms with Gasteiger partial charge in [-0.25, -0.2) is 4.98 Å². The van der Waals surface area contributed by atoms with E-state index in [0.717, 1.165) is 48.5 Å². The number of imidazole rings is 1. The van der Waals surface area contributed by atoms with Crippen LogP contribution in [-0.4, -0.2) is 25.2 Å². The molecule has 2 aromatic rings. The number of hydrogen-bond acceptors (Lipinski definition) is 2. The molecule has 2 aromatic heterocycles. The Morgan fingerprint density at radius 3 is 2.50 bits per heavy atom. The van der Waals surface area contributed by atoms with Crippen LogP contribution in [0.15, 0.2) is 0 Å². The molecule has 0 aliphatic carbocycles. The van der Waals surface area contributed by atoms with Gasteiger partial charge in [0, 0.05) is 25.9 Å². The van der Waals surface area contributed by atoms with Crippen LogP contribution in [0.2, 0.25) is 0 Å². The first-order valence-electron chi connectivity index (χ1n) is 7.40. The maximum Gasteiger partial charge on any atom is 0.158 e. The molecule has 0 aliphatic heterocycles. The molecule has 112 valence electrons. The van der Waals surface area contributed by atoms with Gasteiger partial charge in [0.15, 0.2) is 5.65 Å². The predicted molar refractivity (Wildman–Crippen MR) is 84.4 cm³/mol. The summed E-state index contributed by atoms with van der Waals surface area (Å²) in [6, 6.07) is 0. The van der Waals surface area contributed by atoms with Gasteiger partial charge >= 0.3 is 0 Å². The van der Waals surface area contributed by atoms with Crippen molar-refractivity contribution in [1.82, 2.24) is 19.3 Å². The first-order chi connectivity index (χ1) is 9.43. The van der Waals surface area contributed by atoms with Gasteiger partial charge in [0.25, 0.3) is 0 Å². The molecule has 0 N–H and O–H groups in total. The summed E-state index contributed by atoms with van der Waals surface area (Å²) in [7, 11) is 2.00. The van der Waals surface area contributed by atoms with Crippen molar-refractivity contribution in [2.75, 3.05) is 5.88 Å². The van der Waals surface area contributed by atoms with Crippen LogP contribution in [0, 0.1) is 5.41 Å². The third kappa shape index (κ3) is 2.71. The highest BCUT2D eigenvalue weighted by Gasteiger charge is 2.23. The Hall–Kier alpha value is -1.03. The van der Waals surface area contributed by atoms with Crippen LogP contribution in [0.4, 0.5) is 0 Å². The number of rotatable bonds is 6. The zero-order chi connectivity index (χ0) is 14.9. The molecule has 0 bridgehead atoms. The van der Waals surface area contributed by atoms with E-state index in [0.29, 0.717) is 5.88 Å². The van der Waals surface area contributed by atoms with Gasteiger partial charge in [0.1, 0.15) is 11.3 Å². The summed E-state index contributed by atoms with van der Waals surface area (Å²) in [5.74, 6) is 1.68. The summed E-state index contributed by atoms with van der Waals surface area (Å²) in [6.45, 7) is 9.89. The molecule has 0 aliphatic rings. The second kappa shape index (κ2) is 5.76. The summed E-state index contributed by atoms with van der Waals surface area (Å²) < 4.78 is 4.28. The lowest BCUT2D eigenvalue weighted by atomic mass is 9.90. The van der Waals surface area contributed by atoms with Crippen LogP contribution >= 0.6 is 11.6 Å². The molecule has 0 fully saturated rings. The summed E-state index contributed by atoms with van der Waals surface area (Å²) >= 11 is 5.95. The number of aromatic nitrogens is 4. The third-order valence-electron chi connectivity index (χ3n) is 4.07. The van der Waals surface area contributed by atoms with Gasteiger partial charge < -0.3 is 4.57 Å². The molecule has 0 saturated carbocycles. The quantitative estimate of drug-likeness (QED) is 0.764. The van der Waals surface area contributed by atoms with E-state index in [2.05, 4.69) is 37.4 Å². The minimum atomic E-state index is 0.241. The van der Waals surface area contributed by atoms with Gasteiger partial charge in [-0.05, 0) is 18.3 Å². The predicted octanol–water partition coefficient (Wildman–Crippen LogP) is 3.55. The summed E-state index contributed by atoms with van der Waals surface area (Å²) in [5, 5.41) is 4.59. The molecule has 0 atom stereocenters. The van der Waals surface area contributed by atoms with Gasteiger partial charge in [0.2, 0.25) is 0 Å². The van der Waals surface area contributed by atoms with Crippen molar-refractivity contribution in [2.45, 2.75) is 53.5 Å². The molecule has 0 aromatic carbocycles. The molecule has 20 heavy (non-hydrogen) atoms. The third-order valence-corrected chi connectivity index (χ3v) is 4.26. The molecular formula is C15H25ClN4. The molecule has 0 radical (unpaired) electrons. The summed E-state index contributed by atoms with van der Waals surface area (Å²) in [6.07, 6.45) is 2.84. The van der Waals surface area contributed by atoms with Crippen LogP contribution in [0.3, 0.4) is 0 Å². The fourth-order valence-electron chi connectivity index (χ4n) is 2.51. The average molecular weight is 297 g/mol. The van der Waals surface area contributed by atoms with Crippen LogP contribution in [-0.2, 0) is 26.4 Å². The summed E-state index contributed by atoms with van der Waals surface area (Å²) in [5.41, 5.74) is 3.49. The highest BCUT2D eigenvalue weighted by molar-refractivity contribution is 6.17. The number of aryl methyl sites for hydroxylation is 3. The SMILES string of the molecule is CCc1nn(C)c2c1nc(CCCl)n2CC(C)(C)CC. The Kier molecular flexibility index (Phi) is 4.43. The lowest BCUT2D eigenvalue weighted by Gasteiger charge is -2.24. The lowest BCUT2D eigenvalue weighted by Crippen LogP contribution is -2.21. The van der Waals surface area contributed by atoms with E-state index < -0.39 is 0 Å². The molecule has 2 heterocycles. The summed E-state index contributed by atoms with van der Waals surface area (Å²) in [4.78, 5) is 4.81.